The van der Waals surface area contributed by atoms with E-state index >= 15 is 0 Å². The number of anilines is 1. The van der Waals surface area contributed by atoms with Crippen molar-refractivity contribution in [3.05, 3.63) is 11.6 Å². The summed E-state index contributed by atoms with van der Waals surface area (Å²) in [6.07, 6.45) is 2.93. The van der Waals surface area contributed by atoms with E-state index in [4.69, 9.17) is 0 Å². The number of ether oxygens (including phenoxy) is 2. The second-order valence-electron chi connectivity index (χ2n) is 9.62. The molecule has 0 aliphatic carbocycles. The van der Waals surface area contributed by atoms with E-state index in [1.54, 1.807) is 17.3 Å². The van der Waals surface area contributed by atoms with E-state index in [2.05, 4.69) is 30.1 Å². The summed E-state index contributed by atoms with van der Waals surface area (Å²) in [7, 11) is 2.47. The Kier molecular flexibility index (Phi) is 10.5. The summed E-state index contributed by atoms with van der Waals surface area (Å²) in [6, 6.07) is 0.769. The fraction of sp³-hybridized carbons (Fsp3) is 0.625. The number of rotatable bonds is 12. The third-order valence-corrected chi connectivity index (χ3v) is 5.69. The van der Waals surface area contributed by atoms with Crippen LogP contribution < -0.4 is 10.6 Å². The Morgan fingerprint density at radius 1 is 1.14 bits per heavy atom. The first-order valence-corrected chi connectivity index (χ1v) is 11.9. The molecule has 200 valence electrons. The van der Waals surface area contributed by atoms with E-state index in [1.807, 2.05) is 20.8 Å². The number of aliphatic hydroxyl groups excluding tert-OH is 1. The van der Waals surface area contributed by atoms with E-state index < -0.39 is 29.6 Å². The van der Waals surface area contributed by atoms with Crippen molar-refractivity contribution >= 4 is 41.7 Å². The summed E-state index contributed by atoms with van der Waals surface area (Å²) in [6.45, 7) is 5.95. The lowest BCUT2D eigenvalue weighted by Crippen LogP contribution is -2.41. The predicted molar refractivity (Wildman–Crippen MR) is 132 cm³/mol. The molecule has 0 spiro atoms. The average molecular weight is 508 g/mol. The molecular formula is C24H37N5O7. The molecular weight excluding hydrogens is 470 g/mol. The predicted octanol–water partition coefficient (Wildman–Crippen LogP) is 2.14. The molecule has 12 heteroatoms. The van der Waals surface area contributed by atoms with Gasteiger partial charge in [0.15, 0.2) is 6.23 Å². The second-order valence-corrected chi connectivity index (χ2v) is 9.62. The molecule has 12 nitrogen and oxygen atoms in total. The van der Waals surface area contributed by atoms with Gasteiger partial charge in [-0.1, -0.05) is 27.2 Å². The molecule has 1 aliphatic heterocycles. The molecule has 1 aliphatic rings. The molecule has 1 unspecified atom stereocenters. The molecule has 2 amide bonds. The van der Waals surface area contributed by atoms with Crippen LogP contribution in [0.4, 0.5) is 11.6 Å². The largest absolute Gasteiger partial charge is 0.469 e. The lowest BCUT2D eigenvalue weighted by Gasteiger charge is -2.28. The van der Waals surface area contributed by atoms with Crippen LogP contribution in [0.1, 0.15) is 71.1 Å². The zero-order chi connectivity index (χ0) is 26.9. The highest BCUT2D eigenvalue weighted by atomic mass is 16.5. The van der Waals surface area contributed by atoms with Gasteiger partial charge in [0.25, 0.3) is 0 Å². The van der Waals surface area contributed by atoms with Gasteiger partial charge in [-0.2, -0.15) is 0 Å². The zero-order valence-corrected chi connectivity index (χ0v) is 21.6. The highest BCUT2D eigenvalue weighted by Crippen LogP contribution is 2.34. The lowest BCUT2D eigenvalue weighted by atomic mass is 9.96. The number of aromatic nitrogens is 1. The number of H-pyrrole nitrogens is 1. The number of hydrogen-bond donors (Lipinski definition) is 4. The van der Waals surface area contributed by atoms with Crippen LogP contribution in [0, 0.1) is 5.41 Å². The summed E-state index contributed by atoms with van der Waals surface area (Å²) >= 11 is 0. The summed E-state index contributed by atoms with van der Waals surface area (Å²) in [5, 5.41) is 16.1. The minimum absolute atomic E-state index is 0.0103. The number of fused-ring (bicyclic) bond motifs is 1. The fourth-order valence-corrected chi connectivity index (χ4v) is 3.47. The number of aliphatic imine (C=N–C) groups is 1. The molecule has 36 heavy (non-hydrogen) atoms. The smallest absolute Gasteiger partial charge is 0.328 e. The highest BCUT2D eigenvalue weighted by molar-refractivity contribution is 5.94. The van der Waals surface area contributed by atoms with E-state index in [9.17, 15) is 24.3 Å². The number of carbonyl (C=O) groups excluding carboxylic acids is 4. The van der Waals surface area contributed by atoms with Gasteiger partial charge in [0.1, 0.15) is 17.7 Å². The van der Waals surface area contributed by atoms with Crippen molar-refractivity contribution in [2.45, 2.75) is 71.6 Å². The highest BCUT2D eigenvalue weighted by Gasteiger charge is 2.27. The Balaban J connectivity index is 1.76. The van der Waals surface area contributed by atoms with Gasteiger partial charge < -0.3 is 35.1 Å². The molecule has 0 aromatic carbocycles. The van der Waals surface area contributed by atoms with E-state index in [0.717, 1.165) is 0 Å². The first kappa shape index (κ1) is 28.8. The molecule has 0 radical (unpaired) electrons. The number of esters is 2. The monoisotopic (exact) mass is 507 g/mol. The molecule has 4 N–H and O–H groups in total. The number of amides is 2. The van der Waals surface area contributed by atoms with Gasteiger partial charge >= 0.3 is 11.9 Å². The normalized spacial score (nSPS) is 15.6. The van der Waals surface area contributed by atoms with Crippen LogP contribution in [0.5, 0.6) is 0 Å². The zero-order valence-electron chi connectivity index (χ0n) is 21.6. The number of methoxy groups -OCH3 is 2. The molecule has 2 heterocycles. The maximum absolute atomic E-state index is 12.2. The van der Waals surface area contributed by atoms with Gasteiger partial charge in [-0.25, -0.2) is 9.79 Å². The minimum Gasteiger partial charge on any atom is -0.469 e. The van der Waals surface area contributed by atoms with Gasteiger partial charge in [0.2, 0.25) is 11.8 Å². The molecule has 1 aromatic rings. The van der Waals surface area contributed by atoms with Crippen LogP contribution in [0.3, 0.4) is 0 Å². The Labute approximate surface area is 210 Å². The summed E-state index contributed by atoms with van der Waals surface area (Å²) in [5.74, 6) is -0.582. The van der Waals surface area contributed by atoms with Crippen molar-refractivity contribution in [2.24, 2.45) is 10.4 Å². The van der Waals surface area contributed by atoms with Gasteiger partial charge in [-0.15, -0.1) is 0 Å². The Morgan fingerprint density at radius 3 is 2.50 bits per heavy atom. The number of hydrogen-bond acceptors (Lipinski definition) is 9. The van der Waals surface area contributed by atoms with E-state index in [1.165, 1.54) is 14.2 Å². The van der Waals surface area contributed by atoms with Gasteiger partial charge in [-0.3, -0.25) is 14.4 Å². The van der Waals surface area contributed by atoms with Crippen LogP contribution in [-0.4, -0.2) is 71.9 Å². The van der Waals surface area contributed by atoms with Crippen LogP contribution in [0.25, 0.3) is 0 Å². The van der Waals surface area contributed by atoms with Crippen LogP contribution in [-0.2, 0) is 28.7 Å². The van der Waals surface area contributed by atoms with Crippen molar-refractivity contribution in [1.29, 1.82) is 0 Å². The summed E-state index contributed by atoms with van der Waals surface area (Å²) in [4.78, 5) is 56.7. The number of aliphatic hydroxyl groups is 1. The number of nitrogens with one attached hydrogen (secondary N) is 3. The van der Waals surface area contributed by atoms with Gasteiger partial charge in [-0.05, 0) is 25.3 Å². The Morgan fingerprint density at radius 2 is 1.86 bits per heavy atom. The first-order chi connectivity index (χ1) is 17.0. The molecule has 0 saturated carbocycles. The number of nitrogens with zero attached hydrogens (tertiary/aromatic N) is 2. The summed E-state index contributed by atoms with van der Waals surface area (Å²) in [5.41, 5.74) is 0.0154. The third-order valence-electron chi connectivity index (χ3n) is 5.69. The SMILES string of the molecule is COC(=O)CC[C@@H](NC(=O)CCCCCN1C=Nc2[nH]c(NC(=O)C(C)(C)C)cc2C1O)C(=O)OC. The number of aromatic amines is 1. The van der Waals surface area contributed by atoms with Crippen molar-refractivity contribution in [2.75, 3.05) is 26.1 Å². The van der Waals surface area contributed by atoms with Crippen LogP contribution in [0.2, 0.25) is 0 Å². The number of carbonyl (C=O) groups is 4. The van der Waals surface area contributed by atoms with Crippen LogP contribution in [0.15, 0.2) is 11.1 Å². The maximum atomic E-state index is 12.2. The second kappa shape index (κ2) is 13.1. The molecule has 2 atom stereocenters. The number of unbranched alkanes of at least 4 members (excludes halogenated alkanes) is 2. The lowest BCUT2D eigenvalue weighted by molar-refractivity contribution is -0.146. The van der Waals surface area contributed by atoms with Crippen LogP contribution >= 0.6 is 0 Å². The first-order valence-electron chi connectivity index (χ1n) is 11.9. The minimum atomic E-state index is -0.909. The Hall–Kier alpha value is -3.41. The quantitative estimate of drug-likeness (QED) is 0.247. The third kappa shape index (κ3) is 8.36. The molecule has 2 rings (SSSR count). The van der Waals surface area contributed by atoms with Crippen molar-refractivity contribution in [3.63, 3.8) is 0 Å². The maximum Gasteiger partial charge on any atom is 0.328 e. The van der Waals surface area contributed by atoms with Crippen molar-refractivity contribution in [3.8, 4) is 0 Å². The molecule has 0 saturated heterocycles. The average Bonchev–Trinajstić information content (AvgIpc) is 3.24. The van der Waals surface area contributed by atoms with Gasteiger partial charge in [0, 0.05) is 30.4 Å². The molecule has 0 bridgehead atoms. The molecule has 1 aromatic heterocycles. The fourth-order valence-electron chi connectivity index (χ4n) is 3.47. The Bertz CT molecular complexity index is 967. The van der Waals surface area contributed by atoms with Crippen molar-refractivity contribution in [1.82, 2.24) is 15.2 Å². The summed E-state index contributed by atoms with van der Waals surface area (Å²) < 4.78 is 9.25. The molecule has 0 fully saturated rings. The standard InChI is InChI=1S/C24H37N5O7/c1-24(2,3)23(34)28-17-13-15-20(27-17)25-14-29(21(15)32)12-8-6-7-9-18(30)26-16(22(33)36-5)10-11-19(31)35-4/h13-14,16,21,27,32H,6-12H2,1-5H3,(H,26,30)(H,28,34)/t16-,21?/m1/s1. The van der Waals surface area contributed by atoms with E-state index in [0.29, 0.717) is 43.0 Å². The van der Waals surface area contributed by atoms with Crippen molar-refractivity contribution < 1.29 is 33.8 Å². The topological polar surface area (TPSA) is 162 Å². The van der Waals surface area contributed by atoms with E-state index in [-0.39, 0.29) is 31.1 Å². The van der Waals surface area contributed by atoms with Gasteiger partial charge in [0.05, 0.1) is 20.6 Å².